The van der Waals surface area contributed by atoms with Crippen LogP contribution in [0.2, 0.25) is 5.02 Å². The minimum Gasteiger partial charge on any atom is -0.324 e. The summed E-state index contributed by atoms with van der Waals surface area (Å²) >= 11 is 6.15. The number of anilines is 1. The maximum atomic E-state index is 12.5. The second kappa shape index (κ2) is 6.25. The summed E-state index contributed by atoms with van der Waals surface area (Å²) in [5.74, 6) is -1.24. The first kappa shape index (κ1) is 18.0. The predicted octanol–water partition coefficient (Wildman–Crippen LogP) is 0.960. The average molecular weight is 372 g/mol. The number of rotatable bonds is 4. The van der Waals surface area contributed by atoms with Gasteiger partial charge in [0.25, 0.3) is 5.56 Å². The number of aromatic nitrogens is 2. The maximum Gasteiger partial charge on any atom is 0.277 e. The van der Waals surface area contributed by atoms with E-state index in [0.29, 0.717) is 0 Å². The van der Waals surface area contributed by atoms with Gasteiger partial charge in [-0.1, -0.05) is 11.6 Å². The number of hydrogen-bond donors (Lipinski definition) is 2. The third-order valence-corrected chi connectivity index (χ3v) is 4.76. The van der Waals surface area contributed by atoms with E-state index in [9.17, 15) is 22.8 Å². The molecule has 0 aliphatic rings. The van der Waals surface area contributed by atoms with Crippen LogP contribution in [0, 0.1) is 0 Å². The molecule has 0 unspecified atom stereocenters. The van der Waals surface area contributed by atoms with Gasteiger partial charge in [-0.3, -0.25) is 19.1 Å². The van der Waals surface area contributed by atoms with Crippen LogP contribution in [0.4, 0.5) is 5.69 Å². The van der Waals surface area contributed by atoms with E-state index in [2.05, 4.69) is 10.4 Å². The number of nitrogens with zero attached hydrogens (tertiary/aromatic N) is 1. The minimum atomic E-state index is -3.70. The number of benzene rings is 1. The first-order valence-electron chi connectivity index (χ1n) is 6.63. The van der Waals surface area contributed by atoms with Crippen LogP contribution in [0.15, 0.2) is 28.0 Å². The first-order valence-corrected chi connectivity index (χ1v) is 8.90. The van der Waals surface area contributed by atoms with Crippen LogP contribution in [0.3, 0.4) is 0 Å². The van der Waals surface area contributed by atoms with E-state index in [4.69, 9.17) is 11.6 Å². The minimum absolute atomic E-state index is 0.0930. The van der Waals surface area contributed by atoms with Crippen LogP contribution in [-0.2, 0) is 21.7 Å². The lowest BCUT2D eigenvalue weighted by molar-refractivity contribution is -0.114. The van der Waals surface area contributed by atoms with Crippen molar-refractivity contribution in [2.24, 2.45) is 7.05 Å². The van der Waals surface area contributed by atoms with E-state index in [1.54, 1.807) is 0 Å². The third-order valence-electron chi connectivity index (χ3n) is 3.23. The summed E-state index contributed by atoms with van der Waals surface area (Å²) in [6.07, 6.45) is 2.18. The largest absolute Gasteiger partial charge is 0.324 e. The van der Waals surface area contributed by atoms with Crippen LogP contribution in [0.5, 0.6) is 0 Å². The fourth-order valence-corrected chi connectivity index (χ4v) is 3.30. The second-order valence-electron chi connectivity index (χ2n) is 5.13. The molecular formula is C14H14ClN3O5S. The van der Waals surface area contributed by atoms with E-state index in [0.717, 1.165) is 17.0 Å². The smallest absolute Gasteiger partial charge is 0.277 e. The molecule has 0 spiro atoms. The third kappa shape index (κ3) is 3.26. The molecule has 1 aromatic heterocycles. The Morgan fingerprint density at radius 3 is 2.33 bits per heavy atom. The van der Waals surface area contributed by atoms with Gasteiger partial charge in [0.1, 0.15) is 5.56 Å². The standard InChI is InChI=1S/C14H14ClN3O5S/c1-7(19)17-12-10(24(3,22)23)5-4-8(11(12)15)13(20)9-6-16-18(2)14(9)21/h4-6,16H,1-3H3,(H,17,19). The van der Waals surface area contributed by atoms with Gasteiger partial charge in [-0.2, -0.15) is 0 Å². The molecule has 8 nitrogen and oxygen atoms in total. The van der Waals surface area contributed by atoms with Crippen molar-refractivity contribution in [3.63, 3.8) is 0 Å². The number of halogens is 1. The van der Waals surface area contributed by atoms with E-state index >= 15 is 0 Å². The number of aryl methyl sites for hydroxylation is 1. The van der Waals surface area contributed by atoms with Crippen molar-refractivity contribution in [2.75, 3.05) is 11.6 Å². The highest BCUT2D eigenvalue weighted by molar-refractivity contribution is 7.90. The molecule has 2 rings (SSSR count). The van der Waals surface area contributed by atoms with E-state index in [1.807, 2.05) is 0 Å². The Labute approximate surface area is 142 Å². The van der Waals surface area contributed by atoms with Gasteiger partial charge in [0.05, 0.1) is 15.6 Å². The predicted molar refractivity (Wildman–Crippen MR) is 88.3 cm³/mol. The Bertz CT molecular complexity index is 1000. The van der Waals surface area contributed by atoms with Crippen LogP contribution >= 0.6 is 11.6 Å². The number of H-pyrrole nitrogens is 1. The SMILES string of the molecule is CC(=O)Nc1c(S(C)(=O)=O)ccc(C(=O)c2c[nH]n(C)c2=O)c1Cl. The van der Waals surface area contributed by atoms with Gasteiger partial charge < -0.3 is 10.4 Å². The molecule has 0 fully saturated rings. The molecular weight excluding hydrogens is 358 g/mol. The molecule has 0 bridgehead atoms. The normalized spacial score (nSPS) is 11.3. The highest BCUT2D eigenvalue weighted by Gasteiger charge is 2.24. The number of aromatic amines is 1. The zero-order chi connectivity index (χ0) is 18.2. The summed E-state index contributed by atoms with van der Waals surface area (Å²) in [5, 5.41) is 4.64. The van der Waals surface area contributed by atoms with Crippen molar-refractivity contribution in [3.05, 3.63) is 44.8 Å². The number of sulfone groups is 1. The summed E-state index contributed by atoms with van der Waals surface area (Å²) in [6.45, 7) is 1.18. The summed E-state index contributed by atoms with van der Waals surface area (Å²) in [7, 11) is -2.25. The van der Waals surface area contributed by atoms with Gasteiger partial charge in [-0.25, -0.2) is 8.42 Å². The van der Waals surface area contributed by atoms with Crippen molar-refractivity contribution in [1.82, 2.24) is 9.78 Å². The topological polar surface area (TPSA) is 118 Å². The maximum absolute atomic E-state index is 12.5. The van der Waals surface area contributed by atoms with Crippen LogP contribution in [-0.4, -0.2) is 36.1 Å². The number of ketones is 1. The molecule has 2 N–H and O–H groups in total. The lowest BCUT2D eigenvalue weighted by atomic mass is 10.1. The molecule has 2 aromatic rings. The second-order valence-corrected chi connectivity index (χ2v) is 7.50. The van der Waals surface area contributed by atoms with Gasteiger partial charge in [0.2, 0.25) is 11.7 Å². The summed E-state index contributed by atoms with van der Waals surface area (Å²) < 4.78 is 24.8. The van der Waals surface area contributed by atoms with E-state index in [1.165, 1.54) is 26.2 Å². The monoisotopic (exact) mass is 371 g/mol. The van der Waals surface area contributed by atoms with Crippen LogP contribution < -0.4 is 10.9 Å². The Hall–Kier alpha value is -2.39. The van der Waals surface area contributed by atoms with Gasteiger partial charge in [0.15, 0.2) is 9.84 Å². The van der Waals surface area contributed by atoms with Gasteiger partial charge >= 0.3 is 0 Å². The van der Waals surface area contributed by atoms with Gasteiger partial charge in [0, 0.05) is 32.0 Å². The summed E-state index contributed by atoms with van der Waals surface area (Å²) in [6, 6.07) is 2.37. The fraction of sp³-hybridized carbons (Fsp3) is 0.214. The van der Waals surface area contributed by atoms with Gasteiger partial charge in [-0.05, 0) is 12.1 Å². The van der Waals surface area contributed by atoms with E-state index < -0.39 is 27.1 Å². The van der Waals surface area contributed by atoms with Crippen molar-refractivity contribution < 1.29 is 18.0 Å². The average Bonchev–Trinajstić information content (AvgIpc) is 2.78. The molecule has 0 aliphatic heterocycles. The molecule has 1 aromatic carbocycles. The zero-order valence-electron chi connectivity index (χ0n) is 13.0. The Kier molecular flexibility index (Phi) is 4.68. The Morgan fingerprint density at radius 1 is 1.25 bits per heavy atom. The molecule has 1 heterocycles. The zero-order valence-corrected chi connectivity index (χ0v) is 14.6. The van der Waals surface area contributed by atoms with Crippen molar-refractivity contribution in [3.8, 4) is 0 Å². The molecule has 1 amide bonds. The van der Waals surface area contributed by atoms with E-state index in [-0.39, 0.29) is 26.7 Å². The number of carbonyl (C=O) groups excluding carboxylic acids is 2. The van der Waals surface area contributed by atoms with Gasteiger partial charge in [-0.15, -0.1) is 0 Å². The van der Waals surface area contributed by atoms with Crippen molar-refractivity contribution in [2.45, 2.75) is 11.8 Å². The molecule has 0 saturated heterocycles. The van der Waals surface area contributed by atoms with Crippen molar-refractivity contribution in [1.29, 1.82) is 0 Å². The molecule has 24 heavy (non-hydrogen) atoms. The number of hydrogen-bond acceptors (Lipinski definition) is 5. The summed E-state index contributed by atoms with van der Waals surface area (Å²) in [5.41, 5.74) is -0.987. The number of nitrogens with one attached hydrogen (secondary N) is 2. The fourth-order valence-electron chi connectivity index (χ4n) is 2.11. The number of amides is 1. The quantitative estimate of drug-likeness (QED) is 0.776. The lowest BCUT2D eigenvalue weighted by Gasteiger charge is -2.13. The first-order chi connectivity index (χ1) is 11.0. The Morgan fingerprint density at radius 2 is 1.88 bits per heavy atom. The Balaban J connectivity index is 2.69. The highest BCUT2D eigenvalue weighted by Crippen LogP contribution is 2.33. The van der Waals surface area contributed by atoms with Crippen molar-refractivity contribution >= 4 is 38.8 Å². The molecule has 128 valence electrons. The lowest BCUT2D eigenvalue weighted by Crippen LogP contribution is -2.20. The number of carbonyl (C=O) groups is 2. The molecule has 0 saturated carbocycles. The van der Waals surface area contributed by atoms with Crippen LogP contribution in [0.1, 0.15) is 22.8 Å². The summed E-state index contributed by atoms with van der Waals surface area (Å²) in [4.78, 5) is 35.5. The molecule has 0 radical (unpaired) electrons. The van der Waals surface area contributed by atoms with Crippen LogP contribution in [0.25, 0.3) is 0 Å². The molecule has 0 aliphatic carbocycles. The molecule has 0 atom stereocenters. The highest BCUT2D eigenvalue weighted by atomic mass is 35.5. The molecule has 10 heteroatoms.